The van der Waals surface area contributed by atoms with Crippen molar-refractivity contribution in [3.63, 3.8) is 0 Å². The molecule has 0 unspecified atom stereocenters. The Bertz CT molecular complexity index is 577. The Kier molecular flexibility index (Phi) is 3.65. The van der Waals surface area contributed by atoms with Gasteiger partial charge in [-0.05, 0) is 22.6 Å². The second-order valence-corrected chi connectivity index (χ2v) is 4.60. The van der Waals surface area contributed by atoms with Gasteiger partial charge < -0.3 is 9.64 Å². The van der Waals surface area contributed by atoms with Crippen LogP contribution >= 0.6 is 0 Å². The molecule has 2 amide bonds. The van der Waals surface area contributed by atoms with E-state index in [0.29, 0.717) is 26.3 Å². The summed E-state index contributed by atoms with van der Waals surface area (Å²) in [6, 6.07) is 2.83. The molecular formula is C12H13F2N5O2. The molecule has 0 saturated carbocycles. The Morgan fingerprint density at radius 1 is 1.19 bits per heavy atom. The number of benzene rings is 1. The SMILES string of the molecule is O=C(N1CCOCC1)N1CN(c2ccc(F)cc2F)N=N1. The Morgan fingerprint density at radius 3 is 2.67 bits per heavy atom. The van der Waals surface area contributed by atoms with Crippen molar-refractivity contribution in [3.05, 3.63) is 29.8 Å². The highest BCUT2D eigenvalue weighted by Crippen LogP contribution is 2.24. The number of amides is 2. The first-order valence-electron chi connectivity index (χ1n) is 6.43. The van der Waals surface area contributed by atoms with Crippen LogP contribution in [0.5, 0.6) is 0 Å². The third kappa shape index (κ3) is 2.77. The third-order valence-corrected chi connectivity index (χ3v) is 3.21. The summed E-state index contributed by atoms with van der Waals surface area (Å²) in [5, 5.41) is 9.80. The predicted octanol–water partition coefficient (Wildman–Crippen LogP) is 1.78. The van der Waals surface area contributed by atoms with Crippen LogP contribution in [-0.4, -0.2) is 48.9 Å². The number of carbonyl (C=O) groups is 1. The molecule has 7 nitrogen and oxygen atoms in total. The molecule has 0 N–H and O–H groups in total. The average molecular weight is 297 g/mol. The third-order valence-electron chi connectivity index (χ3n) is 3.21. The number of carbonyl (C=O) groups excluding carboxylic acids is 1. The van der Waals surface area contributed by atoms with Gasteiger partial charge in [0.15, 0.2) is 5.82 Å². The van der Waals surface area contributed by atoms with Crippen molar-refractivity contribution in [2.75, 3.05) is 38.0 Å². The lowest BCUT2D eigenvalue weighted by Crippen LogP contribution is -2.47. The van der Waals surface area contributed by atoms with E-state index in [1.807, 2.05) is 0 Å². The maximum Gasteiger partial charge on any atom is 0.343 e. The van der Waals surface area contributed by atoms with Gasteiger partial charge in [-0.15, -0.1) is 0 Å². The van der Waals surface area contributed by atoms with Gasteiger partial charge in [0.05, 0.1) is 18.9 Å². The highest BCUT2D eigenvalue weighted by molar-refractivity contribution is 5.74. The Labute approximate surface area is 119 Å². The maximum atomic E-state index is 13.7. The van der Waals surface area contributed by atoms with E-state index in [9.17, 15) is 13.6 Å². The molecule has 1 fully saturated rings. The summed E-state index contributed by atoms with van der Waals surface area (Å²) in [4.78, 5) is 13.8. The van der Waals surface area contributed by atoms with Gasteiger partial charge in [-0.3, -0.25) is 0 Å². The molecule has 0 spiro atoms. The molecule has 3 rings (SSSR count). The number of anilines is 1. The van der Waals surface area contributed by atoms with Crippen LogP contribution in [0, 0.1) is 11.6 Å². The van der Waals surface area contributed by atoms with Crippen LogP contribution in [0.25, 0.3) is 0 Å². The lowest BCUT2D eigenvalue weighted by atomic mass is 10.3. The fourth-order valence-electron chi connectivity index (χ4n) is 2.11. The molecular weight excluding hydrogens is 284 g/mol. The molecule has 1 aromatic carbocycles. The largest absolute Gasteiger partial charge is 0.378 e. The van der Waals surface area contributed by atoms with Crippen LogP contribution < -0.4 is 5.01 Å². The van der Waals surface area contributed by atoms with Crippen molar-refractivity contribution in [1.82, 2.24) is 9.91 Å². The van der Waals surface area contributed by atoms with Crippen LogP contribution in [0.1, 0.15) is 0 Å². The smallest absolute Gasteiger partial charge is 0.343 e. The molecule has 9 heteroatoms. The molecule has 0 aliphatic carbocycles. The number of ether oxygens (including phenoxy) is 1. The van der Waals surface area contributed by atoms with Gasteiger partial charge in [-0.25, -0.2) is 18.6 Å². The number of halogens is 2. The lowest BCUT2D eigenvalue weighted by molar-refractivity contribution is 0.0443. The van der Waals surface area contributed by atoms with E-state index in [4.69, 9.17) is 4.74 Å². The van der Waals surface area contributed by atoms with Crippen molar-refractivity contribution < 1.29 is 18.3 Å². The van der Waals surface area contributed by atoms with E-state index >= 15 is 0 Å². The van der Waals surface area contributed by atoms with E-state index in [1.54, 1.807) is 4.90 Å². The molecule has 0 radical (unpaired) electrons. The normalized spacial score (nSPS) is 18.5. The topological polar surface area (TPSA) is 60.7 Å². The minimum Gasteiger partial charge on any atom is -0.378 e. The first-order valence-corrected chi connectivity index (χ1v) is 6.43. The van der Waals surface area contributed by atoms with Crippen LogP contribution in [0.15, 0.2) is 28.6 Å². The summed E-state index contributed by atoms with van der Waals surface area (Å²) in [7, 11) is 0. The summed E-state index contributed by atoms with van der Waals surface area (Å²) in [6.07, 6.45) is 0. The van der Waals surface area contributed by atoms with Crippen LogP contribution in [0.2, 0.25) is 0 Å². The fourth-order valence-corrected chi connectivity index (χ4v) is 2.11. The van der Waals surface area contributed by atoms with E-state index in [-0.39, 0.29) is 18.4 Å². The molecule has 2 heterocycles. The van der Waals surface area contributed by atoms with Gasteiger partial charge >= 0.3 is 6.03 Å². The molecule has 2 aliphatic heterocycles. The average Bonchev–Trinajstić information content (AvgIpc) is 2.97. The van der Waals surface area contributed by atoms with Crippen molar-refractivity contribution in [2.24, 2.45) is 10.4 Å². The molecule has 1 saturated heterocycles. The first-order chi connectivity index (χ1) is 10.1. The quantitative estimate of drug-likeness (QED) is 0.794. The number of morpholine rings is 1. The zero-order valence-corrected chi connectivity index (χ0v) is 11.1. The minimum atomic E-state index is -0.755. The second-order valence-electron chi connectivity index (χ2n) is 4.60. The van der Waals surface area contributed by atoms with E-state index < -0.39 is 11.6 Å². The molecule has 1 aromatic rings. The molecule has 112 valence electrons. The summed E-state index contributed by atoms with van der Waals surface area (Å²) < 4.78 is 31.7. The highest BCUT2D eigenvalue weighted by Gasteiger charge is 2.29. The van der Waals surface area contributed by atoms with Crippen molar-refractivity contribution >= 4 is 11.7 Å². The van der Waals surface area contributed by atoms with Crippen molar-refractivity contribution in [3.8, 4) is 0 Å². The zero-order valence-electron chi connectivity index (χ0n) is 11.1. The van der Waals surface area contributed by atoms with Gasteiger partial charge in [-0.2, -0.15) is 5.01 Å². The summed E-state index contributed by atoms with van der Waals surface area (Å²) in [5.74, 6) is -1.43. The van der Waals surface area contributed by atoms with Crippen molar-refractivity contribution in [1.29, 1.82) is 0 Å². The standard InChI is InChI=1S/C12H13F2N5O2/c13-9-1-2-11(10(14)7-9)18-8-19(16-15-18)12(20)17-3-5-21-6-4-17/h1-2,7H,3-6,8H2. The number of urea groups is 1. The number of rotatable bonds is 1. The van der Waals surface area contributed by atoms with Gasteiger partial charge in [0.2, 0.25) is 0 Å². The fraction of sp³-hybridized carbons (Fsp3) is 0.417. The van der Waals surface area contributed by atoms with E-state index in [2.05, 4.69) is 10.4 Å². The predicted molar refractivity (Wildman–Crippen MR) is 68.2 cm³/mol. The van der Waals surface area contributed by atoms with E-state index in [1.165, 1.54) is 11.1 Å². The van der Waals surface area contributed by atoms with Crippen LogP contribution in [-0.2, 0) is 4.74 Å². The lowest BCUT2D eigenvalue weighted by Gasteiger charge is -2.28. The first kappa shape index (κ1) is 13.7. The zero-order chi connectivity index (χ0) is 14.8. The Morgan fingerprint density at radius 2 is 1.95 bits per heavy atom. The summed E-state index contributed by atoms with van der Waals surface area (Å²) in [6.45, 7) is 1.91. The Balaban J connectivity index is 1.68. The molecule has 0 bridgehead atoms. The van der Waals surface area contributed by atoms with E-state index in [0.717, 1.165) is 17.1 Å². The number of nitrogens with zero attached hydrogens (tertiary/aromatic N) is 5. The van der Waals surface area contributed by atoms with Crippen LogP contribution in [0.3, 0.4) is 0 Å². The number of hydrogen-bond donors (Lipinski definition) is 0. The van der Waals surface area contributed by atoms with Crippen LogP contribution in [0.4, 0.5) is 19.3 Å². The van der Waals surface area contributed by atoms with Gasteiger partial charge in [0, 0.05) is 19.2 Å². The molecule has 21 heavy (non-hydrogen) atoms. The molecule has 0 aromatic heterocycles. The second kappa shape index (κ2) is 5.60. The van der Waals surface area contributed by atoms with Gasteiger partial charge in [0.1, 0.15) is 12.5 Å². The Hall–Kier alpha value is -2.29. The summed E-state index contributed by atoms with van der Waals surface area (Å²) >= 11 is 0. The van der Waals surface area contributed by atoms with Crippen molar-refractivity contribution in [2.45, 2.75) is 0 Å². The van der Waals surface area contributed by atoms with Gasteiger partial charge in [-0.1, -0.05) is 0 Å². The molecule has 0 atom stereocenters. The number of hydrogen-bond acceptors (Lipinski definition) is 5. The maximum absolute atomic E-state index is 13.7. The minimum absolute atomic E-state index is 0.0151. The van der Waals surface area contributed by atoms with Gasteiger partial charge in [0.25, 0.3) is 0 Å². The highest BCUT2D eigenvalue weighted by atomic mass is 19.1. The summed E-state index contributed by atoms with van der Waals surface area (Å²) in [5.41, 5.74) is 0.0671. The molecule has 2 aliphatic rings. The monoisotopic (exact) mass is 297 g/mol.